The molecular weight excluding hydrogens is 433 g/mol. The van der Waals surface area contributed by atoms with E-state index >= 15 is 0 Å². The van der Waals surface area contributed by atoms with Gasteiger partial charge in [-0.2, -0.15) is 10.4 Å². The highest BCUT2D eigenvalue weighted by atomic mass is 35.5. The number of benzene rings is 1. The van der Waals surface area contributed by atoms with Crippen molar-refractivity contribution in [3.05, 3.63) is 69.2 Å². The molecular formula is C19H14Cl3N7. The van der Waals surface area contributed by atoms with Crippen molar-refractivity contribution in [3.8, 4) is 11.8 Å². The van der Waals surface area contributed by atoms with Crippen LogP contribution in [0.15, 0.2) is 53.6 Å². The number of nitriles is 1. The van der Waals surface area contributed by atoms with Gasteiger partial charge in [-0.1, -0.05) is 47.0 Å². The first-order valence-corrected chi connectivity index (χ1v) is 9.29. The van der Waals surface area contributed by atoms with Crippen LogP contribution >= 0.6 is 34.8 Å². The Morgan fingerprint density at radius 3 is 2.59 bits per heavy atom. The second kappa shape index (κ2) is 8.53. The molecule has 3 aromatic rings. The first kappa shape index (κ1) is 20.7. The van der Waals surface area contributed by atoms with Crippen molar-refractivity contribution in [2.75, 3.05) is 5.32 Å². The number of pyridine rings is 1. The van der Waals surface area contributed by atoms with Crippen molar-refractivity contribution in [2.45, 2.75) is 6.92 Å². The predicted octanol–water partition coefficient (Wildman–Crippen LogP) is 5.07. The molecule has 2 aromatic heterocycles. The smallest absolute Gasteiger partial charge is 0.142 e. The molecule has 7 nitrogen and oxygen atoms in total. The molecule has 0 spiro atoms. The number of aliphatic imine (C=N–C) groups is 1. The van der Waals surface area contributed by atoms with Crippen molar-refractivity contribution >= 4 is 57.9 Å². The number of hydrogen-bond acceptors (Lipinski definition) is 5. The van der Waals surface area contributed by atoms with Crippen molar-refractivity contribution in [2.24, 2.45) is 10.7 Å². The summed E-state index contributed by atoms with van der Waals surface area (Å²) in [5.41, 5.74) is 7.44. The van der Waals surface area contributed by atoms with Gasteiger partial charge in [0, 0.05) is 6.20 Å². The van der Waals surface area contributed by atoms with Crippen LogP contribution in [-0.4, -0.2) is 21.1 Å². The minimum Gasteiger partial charge on any atom is -0.390 e. The number of hydrogen-bond donors (Lipinski definition) is 2. The lowest BCUT2D eigenvalue weighted by Gasteiger charge is -2.07. The minimum atomic E-state index is 0.274. The molecule has 0 aliphatic rings. The van der Waals surface area contributed by atoms with Gasteiger partial charge in [0.2, 0.25) is 0 Å². The fourth-order valence-electron chi connectivity index (χ4n) is 2.58. The van der Waals surface area contributed by atoms with Gasteiger partial charge < -0.3 is 11.1 Å². The molecule has 0 fully saturated rings. The maximum Gasteiger partial charge on any atom is 0.142 e. The maximum absolute atomic E-state index is 9.07. The van der Waals surface area contributed by atoms with Crippen LogP contribution in [0, 0.1) is 11.3 Å². The van der Waals surface area contributed by atoms with E-state index in [0.717, 1.165) is 11.9 Å². The summed E-state index contributed by atoms with van der Waals surface area (Å²) in [5, 5.41) is 18.1. The van der Waals surface area contributed by atoms with Gasteiger partial charge in [-0.3, -0.25) is 0 Å². The Hall–Kier alpha value is -3.05. The van der Waals surface area contributed by atoms with E-state index in [1.807, 2.05) is 13.0 Å². The molecule has 3 rings (SSSR count). The van der Waals surface area contributed by atoms with Gasteiger partial charge in [-0.05, 0) is 25.1 Å². The Balaban J connectivity index is 2.16. The van der Waals surface area contributed by atoms with E-state index in [2.05, 4.69) is 27.0 Å². The highest BCUT2D eigenvalue weighted by molar-refractivity contribution is 6.38. The lowest BCUT2D eigenvalue weighted by atomic mass is 10.2. The van der Waals surface area contributed by atoms with Crippen LogP contribution in [0.2, 0.25) is 15.1 Å². The molecule has 10 heteroatoms. The molecule has 0 radical (unpaired) electrons. The topological polar surface area (TPSA) is 105 Å². The second-order valence-corrected chi connectivity index (χ2v) is 7.19. The van der Waals surface area contributed by atoms with E-state index in [0.29, 0.717) is 38.8 Å². The SMILES string of the molecule is C=C(C)/C=C(\N=CN)Nc1ncc(Cl)c2nn(-c3c(Cl)cc(C#N)cc3Cl)cc12. The quantitative estimate of drug-likeness (QED) is 0.323. The third-order valence-corrected chi connectivity index (χ3v) is 4.57. The summed E-state index contributed by atoms with van der Waals surface area (Å²) >= 11 is 18.9. The largest absolute Gasteiger partial charge is 0.390 e. The van der Waals surface area contributed by atoms with Crippen LogP contribution in [0.1, 0.15) is 12.5 Å². The normalized spacial score (nSPS) is 11.8. The maximum atomic E-state index is 9.07. The van der Waals surface area contributed by atoms with Crippen LogP contribution in [-0.2, 0) is 0 Å². The third-order valence-electron chi connectivity index (χ3n) is 3.72. The molecule has 3 N–H and O–H groups in total. The molecule has 0 aliphatic heterocycles. The molecule has 0 amide bonds. The summed E-state index contributed by atoms with van der Waals surface area (Å²) in [5.74, 6) is 0.896. The molecule has 0 saturated carbocycles. The summed E-state index contributed by atoms with van der Waals surface area (Å²) in [4.78, 5) is 8.39. The average Bonchev–Trinajstić information content (AvgIpc) is 3.09. The number of anilines is 1. The van der Waals surface area contributed by atoms with Gasteiger partial charge in [-0.15, -0.1) is 0 Å². The first-order valence-electron chi connectivity index (χ1n) is 8.16. The fourth-order valence-corrected chi connectivity index (χ4v) is 3.43. The van der Waals surface area contributed by atoms with E-state index in [9.17, 15) is 0 Å². The summed E-state index contributed by atoms with van der Waals surface area (Å²) in [7, 11) is 0. The van der Waals surface area contributed by atoms with Crippen molar-refractivity contribution in [1.82, 2.24) is 14.8 Å². The number of nitrogens with zero attached hydrogens (tertiary/aromatic N) is 5. The Kier molecular flexibility index (Phi) is 6.09. The molecule has 1 aromatic carbocycles. The molecule has 146 valence electrons. The van der Waals surface area contributed by atoms with Gasteiger partial charge in [0.1, 0.15) is 22.8 Å². The zero-order valence-electron chi connectivity index (χ0n) is 15.1. The van der Waals surface area contributed by atoms with Gasteiger partial charge in [0.25, 0.3) is 0 Å². The third kappa shape index (κ3) is 4.35. The second-order valence-electron chi connectivity index (χ2n) is 5.97. The molecule has 0 unspecified atom stereocenters. The zero-order valence-corrected chi connectivity index (χ0v) is 17.4. The number of allylic oxidation sites excluding steroid dienone is 2. The summed E-state index contributed by atoms with van der Waals surface area (Å²) in [6, 6.07) is 5.03. The summed E-state index contributed by atoms with van der Waals surface area (Å²) < 4.78 is 1.49. The number of fused-ring (bicyclic) bond motifs is 1. The van der Waals surface area contributed by atoms with E-state index in [1.165, 1.54) is 23.0 Å². The van der Waals surface area contributed by atoms with Gasteiger partial charge >= 0.3 is 0 Å². The highest BCUT2D eigenvalue weighted by Gasteiger charge is 2.17. The van der Waals surface area contributed by atoms with Gasteiger partial charge in [-0.25, -0.2) is 14.7 Å². The monoisotopic (exact) mass is 445 g/mol. The Bertz CT molecular complexity index is 1200. The Morgan fingerprint density at radius 1 is 1.31 bits per heavy atom. The number of aromatic nitrogens is 3. The molecule has 0 atom stereocenters. The first-order chi connectivity index (χ1) is 13.8. The number of nitrogens with two attached hydrogens (primary N) is 1. The van der Waals surface area contributed by atoms with Crippen LogP contribution in [0.4, 0.5) is 5.82 Å². The van der Waals surface area contributed by atoms with Crippen LogP contribution < -0.4 is 11.1 Å². The summed E-state index contributed by atoms with van der Waals surface area (Å²) in [6.45, 7) is 5.66. The van der Waals surface area contributed by atoms with Gasteiger partial charge in [0.05, 0.1) is 44.6 Å². The molecule has 29 heavy (non-hydrogen) atoms. The fraction of sp³-hybridized carbons (Fsp3) is 0.0526. The standard InChI is InChI=1S/C19H14Cl3N7/c1-10(2)3-16(26-9-24)27-19-12-8-29(28-17(12)15(22)7-25-19)18-13(20)4-11(6-23)5-14(18)21/h3-5,7-9H,1H2,2H3,(H2,24,26)(H,25,27)/b16-3+. The number of nitrogens with one attached hydrogen (secondary N) is 1. The predicted molar refractivity (Wildman–Crippen MR) is 118 cm³/mol. The van der Waals surface area contributed by atoms with Crippen LogP contribution in [0.3, 0.4) is 0 Å². The minimum absolute atomic E-state index is 0.274. The molecule has 0 bridgehead atoms. The average molecular weight is 447 g/mol. The van der Waals surface area contributed by atoms with Crippen molar-refractivity contribution in [1.29, 1.82) is 5.26 Å². The molecule has 0 aliphatic carbocycles. The van der Waals surface area contributed by atoms with E-state index in [4.69, 9.17) is 45.8 Å². The van der Waals surface area contributed by atoms with Crippen molar-refractivity contribution < 1.29 is 0 Å². The highest BCUT2D eigenvalue weighted by Crippen LogP contribution is 2.34. The van der Waals surface area contributed by atoms with Crippen molar-refractivity contribution in [3.63, 3.8) is 0 Å². The van der Waals surface area contributed by atoms with E-state index in [-0.39, 0.29) is 10.0 Å². The van der Waals surface area contributed by atoms with Crippen LogP contribution in [0.5, 0.6) is 0 Å². The lowest BCUT2D eigenvalue weighted by Crippen LogP contribution is -2.02. The molecule has 0 saturated heterocycles. The molecule has 2 heterocycles. The Morgan fingerprint density at radius 2 is 2.00 bits per heavy atom. The summed E-state index contributed by atoms with van der Waals surface area (Å²) in [6.07, 6.45) is 6.02. The van der Waals surface area contributed by atoms with Gasteiger partial charge in [0.15, 0.2) is 0 Å². The van der Waals surface area contributed by atoms with E-state index in [1.54, 1.807) is 12.3 Å². The van der Waals surface area contributed by atoms with E-state index < -0.39 is 0 Å². The number of halogens is 3. The Labute approximate surface area is 181 Å². The lowest BCUT2D eigenvalue weighted by molar-refractivity contribution is 0.896. The van der Waals surface area contributed by atoms with Crippen LogP contribution in [0.25, 0.3) is 16.6 Å². The zero-order chi connectivity index (χ0) is 21.1. The number of rotatable bonds is 5.